The van der Waals surface area contributed by atoms with Crippen molar-refractivity contribution in [2.45, 2.75) is 51.3 Å². The van der Waals surface area contributed by atoms with Gasteiger partial charge in [0.05, 0.1) is 0 Å². The van der Waals surface area contributed by atoms with Crippen molar-refractivity contribution in [3.8, 4) is 0 Å². The Hall–Kier alpha value is -1.50. The summed E-state index contributed by atoms with van der Waals surface area (Å²) in [7, 11) is 0. The Morgan fingerprint density at radius 1 is 1.39 bits per heavy atom. The van der Waals surface area contributed by atoms with Crippen LogP contribution in [-0.2, 0) is 4.74 Å². The highest BCUT2D eigenvalue weighted by Gasteiger charge is 2.26. The molecule has 1 fully saturated rings. The normalized spacial score (nSPS) is 16.4. The van der Waals surface area contributed by atoms with Crippen molar-refractivity contribution in [3.63, 3.8) is 0 Å². The van der Waals surface area contributed by atoms with Crippen molar-refractivity contribution in [2.24, 2.45) is 5.92 Å². The lowest BCUT2D eigenvalue weighted by molar-refractivity contribution is 0.0191. The van der Waals surface area contributed by atoms with E-state index in [9.17, 15) is 4.79 Å². The first-order valence-corrected chi connectivity index (χ1v) is 8.93. The monoisotopic (exact) mass is 338 g/mol. The van der Waals surface area contributed by atoms with Crippen molar-refractivity contribution >= 4 is 23.7 Å². The summed E-state index contributed by atoms with van der Waals surface area (Å²) >= 11 is 1.64. The Kier molecular flexibility index (Phi) is 5.73. The molecule has 0 spiro atoms. The van der Waals surface area contributed by atoms with Crippen LogP contribution in [0.4, 0.5) is 10.6 Å². The van der Waals surface area contributed by atoms with Crippen LogP contribution in [0.25, 0.3) is 0 Å². The maximum atomic E-state index is 12.0. The zero-order valence-electron chi connectivity index (χ0n) is 14.3. The molecule has 0 bridgehead atoms. The van der Waals surface area contributed by atoms with Gasteiger partial charge in [0.15, 0.2) is 5.16 Å². The van der Waals surface area contributed by atoms with Crippen molar-refractivity contribution < 1.29 is 9.53 Å². The fraction of sp³-hybridized carbons (Fsp3) is 0.688. The lowest BCUT2D eigenvalue weighted by atomic mass is 9.99. The summed E-state index contributed by atoms with van der Waals surface area (Å²) in [6.45, 7) is 9.08. The van der Waals surface area contributed by atoms with Gasteiger partial charge in [-0.1, -0.05) is 11.8 Å². The minimum Gasteiger partial charge on any atom is -0.444 e. The molecule has 0 saturated carbocycles. The molecule has 1 aliphatic heterocycles. The van der Waals surface area contributed by atoms with Gasteiger partial charge in [0.2, 0.25) is 0 Å². The van der Waals surface area contributed by atoms with Crippen LogP contribution >= 0.6 is 11.8 Å². The molecule has 1 amide bonds. The molecule has 0 radical (unpaired) electrons. The standard InChI is InChI=1S/C16H26N4O2S/c1-11-9-13(17)19-14(18-11)23-10-12-5-7-20(8-6-12)15(21)22-16(2,3)4/h9,12H,5-8,10H2,1-4H3,(H2,17,18,19). The van der Waals surface area contributed by atoms with Gasteiger partial charge in [0, 0.05) is 30.6 Å². The Morgan fingerprint density at radius 2 is 2.04 bits per heavy atom. The fourth-order valence-electron chi connectivity index (χ4n) is 2.43. The molecule has 0 unspecified atom stereocenters. The second-order valence-corrected chi connectivity index (χ2v) is 7.93. The summed E-state index contributed by atoms with van der Waals surface area (Å²) < 4.78 is 5.42. The van der Waals surface area contributed by atoms with Gasteiger partial charge >= 0.3 is 6.09 Å². The van der Waals surface area contributed by atoms with Gasteiger partial charge < -0.3 is 15.4 Å². The topological polar surface area (TPSA) is 81.3 Å². The molecule has 1 saturated heterocycles. The third kappa shape index (κ3) is 5.89. The second kappa shape index (κ2) is 7.38. The number of piperidine rings is 1. The van der Waals surface area contributed by atoms with Crippen molar-refractivity contribution in [1.82, 2.24) is 14.9 Å². The predicted molar refractivity (Wildman–Crippen MR) is 92.4 cm³/mol. The smallest absolute Gasteiger partial charge is 0.410 e. The minimum absolute atomic E-state index is 0.210. The van der Waals surface area contributed by atoms with Crippen LogP contribution in [-0.4, -0.2) is 45.4 Å². The Morgan fingerprint density at radius 3 is 2.61 bits per heavy atom. The molecular weight excluding hydrogens is 312 g/mol. The highest BCUT2D eigenvalue weighted by Crippen LogP contribution is 2.26. The van der Waals surface area contributed by atoms with E-state index in [-0.39, 0.29) is 6.09 Å². The number of anilines is 1. The first-order valence-electron chi connectivity index (χ1n) is 7.95. The highest BCUT2D eigenvalue weighted by molar-refractivity contribution is 7.99. The summed E-state index contributed by atoms with van der Waals surface area (Å²) in [5, 5.41) is 0.733. The molecule has 2 N–H and O–H groups in total. The highest BCUT2D eigenvalue weighted by atomic mass is 32.2. The molecule has 6 nitrogen and oxygen atoms in total. The van der Waals surface area contributed by atoms with E-state index in [0.29, 0.717) is 11.7 Å². The fourth-order valence-corrected chi connectivity index (χ4v) is 3.53. The van der Waals surface area contributed by atoms with Gasteiger partial charge in [0.25, 0.3) is 0 Å². The Bertz CT molecular complexity index is 531. The second-order valence-electron chi connectivity index (χ2n) is 6.94. The lowest BCUT2D eigenvalue weighted by Gasteiger charge is -2.33. The molecule has 0 aliphatic carbocycles. The number of likely N-dealkylation sites (tertiary alicyclic amines) is 1. The number of rotatable bonds is 3. The number of nitrogen functional groups attached to an aromatic ring is 1. The summed E-state index contributed by atoms with van der Waals surface area (Å²) in [4.78, 5) is 22.5. The molecule has 2 rings (SSSR count). The molecule has 0 aromatic carbocycles. The van der Waals surface area contributed by atoms with E-state index < -0.39 is 5.60 Å². The van der Waals surface area contributed by atoms with E-state index in [1.54, 1.807) is 22.7 Å². The number of amides is 1. The van der Waals surface area contributed by atoms with Crippen LogP contribution in [0.1, 0.15) is 39.3 Å². The maximum Gasteiger partial charge on any atom is 0.410 e. The molecule has 23 heavy (non-hydrogen) atoms. The number of hydrogen-bond donors (Lipinski definition) is 1. The number of carbonyl (C=O) groups excluding carboxylic acids is 1. The van der Waals surface area contributed by atoms with Crippen LogP contribution < -0.4 is 5.73 Å². The third-order valence-corrected chi connectivity index (χ3v) is 4.65. The molecule has 7 heteroatoms. The van der Waals surface area contributed by atoms with Gasteiger partial charge in [-0.25, -0.2) is 14.8 Å². The van der Waals surface area contributed by atoms with Crippen molar-refractivity contribution in [2.75, 3.05) is 24.6 Å². The summed E-state index contributed by atoms with van der Waals surface area (Å²) in [6, 6.07) is 1.77. The summed E-state index contributed by atoms with van der Waals surface area (Å²) in [5.74, 6) is 2.02. The number of ether oxygens (including phenoxy) is 1. The number of nitrogens with zero attached hydrogens (tertiary/aromatic N) is 3. The van der Waals surface area contributed by atoms with E-state index in [4.69, 9.17) is 10.5 Å². The molecule has 0 atom stereocenters. The third-order valence-electron chi connectivity index (χ3n) is 3.57. The average Bonchev–Trinajstić information content (AvgIpc) is 2.43. The quantitative estimate of drug-likeness (QED) is 0.674. The molecule has 1 aliphatic rings. The van der Waals surface area contributed by atoms with Crippen LogP contribution in [0.5, 0.6) is 0 Å². The molecule has 2 heterocycles. The molecule has 1 aromatic heterocycles. The van der Waals surface area contributed by atoms with Gasteiger partial charge in [-0.15, -0.1) is 0 Å². The molecule has 128 valence electrons. The average molecular weight is 338 g/mol. The molecular formula is C16H26N4O2S. The zero-order valence-corrected chi connectivity index (χ0v) is 15.2. The predicted octanol–water partition coefficient (Wildman–Crippen LogP) is 3.11. The minimum atomic E-state index is -0.438. The zero-order chi connectivity index (χ0) is 17.0. The first-order chi connectivity index (χ1) is 10.7. The van der Waals surface area contributed by atoms with E-state index in [1.165, 1.54) is 0 Å². The number of carbonyl (C=O) groups is 1. The largest absolute Gasteiger partial charge is 0.444 e. The van der Waals surface area contributed by atoms with Crippen LogP contribution in [0, 0.1) is 12.8 Å². The Labute approximate surface area is 142 Å². The lowest BCUT2D eigenvalue weighted by Crippen LogP contribution is -2.42. The van der Waals surface area contributed by atoms with Gasteiger partial charge in [-0.2, -0.15) is 0 Å². The van der Waals surface area contributed by atoms with Crippen LogP contribution in [0.2, 0.25) is 0 Å². The number of thioether (sulfide) groups is 1. The van der Waals surface area contributed by atoms with Crippen LogP contribution in [0.15, 0.2) is 11.2 Å². The van der Waals surface area contributed by atoms with Gasteiger partial charge in [0.1, 0.15) is 11.4 Å². The number of aromatic nitrogens is 2. The summed E-state index contributed by atoms with van der Waals surface area (Å²) in [5.41, 5.74) is 6.20. The summed E-state index contributed by atoms with van der Waals surface area (Å²) in [6.07, 6.45) is 1.75. The number of nitrogens with two attached hydrogens (primary N) is 1. The van der Waals surface area contributed by atoms with E-state index >= 15 is 0 Å². The maximum absolute atomic E-state index is 12.0. The number of hydrogen-bond acceptors (Lipinski definition) is 6. The van der Waals surface area contributed by atoms with E-state index in [0.717, 1.165) is 42.5 Å². The van der Waals surface area contributed by atoms with Crippen molar-refractivity contribution in [1.29, 1.82) is 0 Å². The number of aryl methyl sites for hydroxylation is 1. The van der Waals surface area contributed by atoms with Crippen LogP contribution in [0.3, 0.4) is 0 Å². The SMILES string of the molecule is Cc1cc(N)nc(SCC2CCN(C(=O)OC(C)(C)C)CC2)n1. The first kappa shape index (κ1) is 17.8. The van der Waals surface area contributed by atoms with E-state index in [2.05, 4.69) is 9.97 Å². The van der Waals surface area contributed by atoms with E-state index in [1.807, 2.05) is 27.7 Å². The van der Waals surface area contributed by atoms with Gasteiger partial charge in [-0.3, -0.25) is 0 Å². The Balaban J connectivity index is 1.77. The molecule has 1 aromatic rings. The van der Waals surface area contributed by atoms with Gasteiger partial charge in [-0.05, 0) is 46.5 Å². The van der Waals surface area contributed by atoms with Crippen molar-refractivity contribution in [3.05, 3.63) is 11.8 Å².